The van der Waals surface area contributed by atoms with E-state index >= 15 is 0 Å². The van der Waals surface area contributed by atoms with Crippen LogP contribution in [0.25, 0.3) is 0 Å². The highest BCUT2D eigenvalue weighted by Gasteiger charge is 2.19. The van der Waals surface area contributed by atoms with Crippen molar-refractivity contribution in [3.63, 3.8) is 0 Å². The highest BCUT2D eigenvalue weighted by Crippen LogP contribution is 2.29. The first-order valence-electron chi connectivity index (χ1n) is 7.91. The fourth-order valence-corrected chi connectivity index (χ4v) is 3.09. The quantitative estimate of drug-likeness (QED) is 0.904. The van der Waals surface area contributed by atoms with Gasteiger partial charge in [0.2, 0.25) is 5.91 Å². The average molecular weight is 294 g/mol. The number of amides is 1. The maximum atomic E-state index is 12.1. The Bertz CT molecular complexity index is 666. The summed E-state index contributed by atoms with van der Waals surface area (Å²) in [6, 6.07) is 16.7. The molecule has 0 heterocycles. The van der Waals surface area contributed by atoms with Crippen LogP contribution >= 0.6 is 0 Å². The SMILES string of the molecule is Cc1ccccc1NC(=O)CN[C@@H]1CCCc2ccccc21. The lowest BCUT2D eigenvalue weighted by Crippen LogP contribution is -2.33. The Morgan fingerprint density at radius 2 is 1.91 bits per heavy atom. The van der Waals surface area contributed by atoms with Gasteiger partial charge < -0.3 is 10.6 Å². The molecule has 3 heteroatoms. The first-order valence-corrected chi connectivity index (χ1v) is 7.91. The second-order valence-corrected chi connectivity index (χ2v) is 5.89. The Hall–Kier alpha value is -2.13. The number of hydrogen-bond acceptors (Lipinski definition) is 2. The van der Waals surface area contributed by atoms with Crippen molar-refractivity contribution >= 4 is 11.6 Å². The molecule has 114 valence electrons. The predicted octanol–water partition coefficient (Wildman–Crippen LogP) is 3.60. The number of nitrogens with one attached hydrogen (secondary N) is 2. The van der Waals surface area contributed by atoms with E-state index in [1.165, 1.54) is 17.5 Å². The summed E-state index contributed by atoms with van der Waals surface area (Å²) in [5.41, 5.74) is 4.72. The van der Waals surface area contributed by atoms with E-state index in [0.717, 1.165) is 24.1 Å². The van der Waals surface area contributed by atoms with Crippen LogP contribution in [-0.2, 0) is 11.2 Å². The van der Waals surface area contributed by atoms with E-state index in [0.29, 0.717) is 6.54 Å². The smallest absolute Gasteiger partial charge is 0.238 e. The first kappa shape index (κ1) is 14.8. The van der Waals surface area contributed by atoms with Gasteiger partial charge >= 0.3 is 0 Å². The van der Waals surface area contributed by atoms with Crippen LogP contribution in [0.3, 0.4) is 0 Å². The van der Waals surface area contributed by atoms with Gasteiger partial charge in [0.1, 0.15) is 0 Å². The summed E-state index contributed by atoms with van der Waals surface area (Å²) in [5, 5.41) is 6.38. The van der Waals surface area contributed by atoms with Gasteiger partial charge in [0.05, 0.1) is 6.54 Å². The summed E-state index contributed by atoms with van der Waals surface area (Å²) in [5.74, 6) is 0.0114. The third kappa shape index (κ3) is 3.37. The summed E-state index contributed by atoms with van der Waals surface area (Å²) >= 11 is 0. The van der Waals surface area contributed by atoms with Crippen molar-refractivity contribution in [1.82, 2.24) is 5.32 Å². The highest BCUT2D eigenvalue weighted by atomic mass is 16.1. The minimum Gasteiger partial charge on any atom is -0.325 e. The maximum Gasteiger partial charge on any atom is 0.238 e. The predicted molar refractivity (Wildman–Crippen MR) is 89.9 cm³/mol. The molecule has 2 aromatic carbocycles. The van der Waals surface area contributed by atoms with Crippen molar-refractivity contribution in [3.05, 3.63) is 65.2 Å². The molecule has 1 amide bonds. The zero-order chi connectivity index (χ0) is 15.4. The van der Waals surface area contributed by atoms with Gasteiger partial charge in [-0.3, -0.25) is 4.79 Å². The number of carbonyl (C=O) groups is 1. The largest absolute Gasteiger partial charge is 0.325 e. The number of para-hydroxylation sites is 1. The first-order chi connectivity index (χ1) is 10.7. The Labute approximate surface area is 131 Å². The molecule has 0 fully saturated rings. The van der Waals surface area contributed by atoms with E-state index in [4.69, 9.17) is 0 Å². The normalized spacial score (nSPS) is 16.9. The molecule has 1 aliphatic rings. The zero-order valence-corrected chi connectivity index (χ0v) is 12.9. The Balaban J connectivity index is 1.59. The summed E-state index contributed by atoms with van der Waals surface area (Å²) < 4.78 is 0. The van der Waals surface area contributed by atoms with Crippen molar-refractivity contribution in [2.24, 2.45) is 0 Å². The standard InChI is InChI=1S/C19H22N2O/c1-14-7-2-5-11-17(14)21-19(22)13-20-18-12-6-9-15-8-3-4-10-16(15)18/h2-5,7-8,10-11,18,20H,6,9,12-13H2,1H3,(H,21,22)/t18-/m1/s1. The number of benzene rings is 2. The van der Waals surface area contributed by atoms with Crippen molar-refractivity contribution in [1.29, 1.82) is 0 Å². The fraction of sp³-hybridized carbons (Fsp3) is 0.316. The average Bonchev–Trinajstić information content (AvgIpc) is 2.55. The van der Waals surface area contributed by atoms with Gasteiger partial charge in [0.25, 0.3) is 0 Å². The monoisotopic (exact) mass is 294 g/mol. The van der Waals surface area contributed by atoms with Gasteiger partial charge in [0.15, 0.2) is 0 Å². The molecule has 2 aromatic rings. The van der Waals surface area contributed by atoms with Crippen LogP contribution in [0.2, 0.25) is 0 Å². The molecule has 2 N–H and O–H groups in total. The van der Waals surface area contributed by atoms with Gasteiger partial charge in [-0.05, 0) is 48.9 Å². The summed E-state index contributed by atoms with van der Waals surface area (Å²) in [6.07, 6.45) is 3.41. The molecular weight excluding hydrogens is 272 g/mol. The van der Waals surface area contributed by atoms with E-state index < -0.39 is 0 Å². The van der Waals surface area contributed by atoms with E-state index in [1.807, 2.05) is 31.2 Å². The van der Waals surface area contributed by atoms with Crippen molar-refractivity contribution in [3.8, 4) is 0 Å². The van der Waals surface area contributed by atoms with Gasteiger partial charge in [-0.25, -0.2) is 0 Å². The molecular formula is C19H22N2O. The molecule has 1 atom stereocenters. The molecule has 0 spiro atoms. The van der Waals surface area contributed by atoms with Crippen LogP contribution < -0.4 is 10.6 Å². The number of fused-ring (bicyclic) bond motifs is 1. The molecule has 3 nitrogen and oxygen atoms in total. The Morgan fingerprint density at radius 3 is 2.77 bits per heavy atom. The van der Waals surface area contributed by atoms with Gasteiger partial charge in [-0.1, -0.05) is 42.5 Å². The summed E-state index contributed by atoms with van der Waals surface area (Å²) in [7, 11) is 0. The third-order valence-corrected chi connectivity index (χ3v) is 4.30. The van der Waals surface area contributed by atoms with Crippen molar-refractivity contribution in [2.45, 2.75) is 32.2 Å². The van der Waals surface area contributed by atoms with Crippen molar-refractivity contribution < 1.29 is 4.79 Å². The van der Waals surface area contributed by atoms with Crippen LogP contribution in [0.1, 0.15) is 35.6 Å². The Kier molecular flexibility index (Phi) is 4.54. The number of rotatable bonds is 4. The molecule has 22 heavy (non-hydrogen) atoms. The molecule has 0 bridgehead atoms. The zero-order valence-electron chi connectivity index (χ0n) is 12.9. The topological polar surface area (TPSA) is 41.1 Å². The van der Waals surface area contributed by atoms with Gasteiger partial charge in [-0.15, -0.1) is 0 Å². The Morgan fingerprint density at radius 1 is 1.14 bits per heavy atom. The third-order valence-electron chi connectivity index (χ3n) is 4.30. The van der Waals surface area contributed by atoms with Gasteiger partial charge in [0, 0.05) is 11.7 Å². The second-order valence-electron chi connectivity index (χ2n) is 5.89. The molecule has 1 aliphatic carbocycles. The summed E-state index contributed by atoms with van der Waals surface area (Å²) in [4.78, 5) is 12.1. The molecule has 0 unspecified atom stereocenters. The fourth-order valence-electron chi connectivity index (χ4n) is 3.09. The number of aryl methyl sites for hydroxylation is 2. The van der Waals surface area contributed by atoms with E-state index in [9.17, 15) is 4.79 Å². The van der Waals surface area contributed by atoms with E-state index in [2.05, 4.69) is 34.9 Å². The molecule has 0 aromatic heterocycles. The van der Waals surface area contributed by atoms with Crippen LogP contribution in [0, 0.1) is 6.92 Å². The van der Waals surface area contributed by atoms with Crippen LogP contribution in [0.4, 0.5) is 5.69 Å². The van der Waals surface area contributed by atoms with Crippen LogP contribution in [0.5, 0.6) is 0 Å². The highest BCUT2D eigenvalue weighted by molar-refractivity contribution is 5.92. The summed E-state index contributed by atoms with van der Waals surface area (Å²) in [6.45, 7) is 2.34. The molecule has 3 rings (SSSR count). The van der Waals surface area contributed by atoms with Crippen LogP contribution in [0.15, 0.2) is 48.5 Å². The lowest BCUT2D eigenvalue weighted by atomic mass is 9.88. The lowest BCUT2D eigenvalue weighted by molar-refractivity contribution is -0.115. The minimum atomic E-state index is 0.0114. The second kappa shape index (κ2) is 6.75. The maximum absolute atomic E-state index is 12.1. The van der Waals surface area contributed by atoms with Gasteiger partial charge in [-0.2, -0.15) is 0 Å². The molecule has 0 saturated carbocycles. The molecule has 0 aliphatic heterocycles. The molecule has 0 saturated heterocycles. The number of anilines is 1. The number of carbonyl (C=O) groups excluding carboxylic acids is 1. The van der Waals surface area contributed by atoms with Crippen LogP contribution in [-0.4, -0.2) is 12.5 Å². The number of hydrogen-bond donors (Lipinski definition) is 2. The van der Waals surface area contributed by atoms with E-state index in [1.54, 1.807) is 0 Å². The van der Waals surface area contributed by atoms with E-state index in [-0.39, 0.29) is 11.9 Å². The lowest BCUT2D eigenvalue weighted by Gasteiger charge is -2.26. The minimum absolute atomic E-state index is 0.0114. The van der Waals surface area contributed by atoms with Crippen molar-refractivity contribution in [2.75, 3.05) is 11.9 Å². The molecule has 0 radical (unpaired) electrons.